The molecule has 3 atom stereocenters. The number of likely N-dealkylation sites (N-methyl/N-ethyl adjacent to an activating group) is 1. The number of ether oxygens (including phenoxy) is 1. The number of carbonyl (C=O) groups is 2. The van der Waals surface area contributed by atoms with Gasteiger partial charge in [-0.2, -0.15) is 0 Å². The molecule has 0 radical (unpaired) electrons. The highest BCUT2D eigenvalue weighted by atomic mass is 35.5. The minimum Gasteiger partial charge on any atom is -0.380 e. The minimum atomic E-state index is -0.885. The molecule has 2 aliphatic rings. The van der Waals surface area contributed by atoms with E-state index in [2.05, 4.69) is 29.5 Å². The van der Waals surface area contributed by atoms with Gasteiger partial charge in [-0.3, -0.25) is 9.59 Å². The molecule has 2 fully saturated rings. The van der Waals surface area contributed by atoms with Gasteiger partial charge in [-0.25, -0.2) is 9.37 Å². The standard InChI is InChI=1S/C31H38ClFN4O3/c1-4-34-29(38)28(19-7-5-8-19)37-30(39)31(13-14-40-17-31)20-11-12-24-25(15-20)36-26(35-24)16-22(18(2)3)21-9-6-10-23(33)27(21)32/h6,9-12,15,18-19,22,28H,4-5,7-8,13-14,16-17H2,1-3H3,(H,34,38)(H,35,36)(H,37,39)/t22?,28-,31?/m1/s1. The molecular formula is C31H38ClFN4O3. The summed E-state index contributed by atoms with van der Waals surface area (Å²) in [7, 11) is 0. The predicted octanol–water partition coefficient (Wildman–Crippen LogP) is 5.42. The molecule has 2 heterocycles. The molecule has 9 heteroatoms. The highest BCUT2D eigenvalue weighted by Gasteiger charge is 2.46. The lowest BCUT2D eigenvalue weighted by molar-refractivity contribution is -0.134. The van der Waals surface area contributed by atoms with E-state index in [-0.39, 0.29) is 41.2 Å². The Balaban J connectivity index is 1.42. The summed E-state index contributed by atoms with van der Waals surface area (Å²) in [6.07, 6.45) is 4.05. The third-order valence-electron chi connectivity index (χ3n) is 8.68. The number of halogens is 2. The summed E-state index contributed by atoms with van der Waals surface area (Å²) in [5.74, 6) is 0.393. The average Bonchev–Trinajstić information content (AvgIpc) is 3.55. The summed E-state index contributed by atoms with van der Waals surface area (Å²) in [5, 5.41) is 6.14. The number of nitrogens with one attached hydrogen (secondary N) is 3. The van der Waals surface area contributed by atoms with Crippen LogP contribution in [-0.2, 0) is 26.2 Å². The zero-order chi connectivity index (χ0) is 28.4. The van der Waals surface area contributed by atoms with Gasteiger partial charge in [-0.05, 0) is 73.3 Å². The third kappa shape index (κ3) is 5.48. The Morgan fingerprint density at radius 3 is 2.70 bits per heavy atom. The molecule has 1 saturated heterocycles. The molecule has 0 spiro atoms. The second-order valence-electron chi connectivity index (χ2n) is 11.5. The van der Waals surface area contributed by atoms with Crippen LogP contribution in [0.1, 0.15) is 69.3 Å². The second kappa shape index (κ2) is 11.9. The minimum absolute atomic E-state index is 0.0266. The van der Waals surface area contributed by atoms with Gasteiger partial charge in [0, 0.05) is 19.6 Å². The van der Waals surface area contributed by atoms with E-state index >= 15 is 0 Å². The highest BCUT2D eigenvalue weighted by molar-refractivity contribution is 6.31. The van der Waals surface area contributed by atoms with Crippen LogP contribution in [0.15, 0.2) is 36.4 Å². The molecule has 2 amide bonds. The van der Waals surface area contributed by atoms with Crippen molar-refractivity contribution >= 4 is 34.4 Å². The lowest BCUT2D eigenvalue weighted by Crippen LogP contribution is -2.57. The number of fused-ring (bicyclic) bond motifs is 1. The zero-order valence-corrected chi connectivity index (χ0v) is 24.1. The number of nitrogens with zero attached hydrogens (tertiary/aromatic N) is 1. The van der Waals surface area contributed by atoms with E-state index in [1.165, 1.54) is 6.07 Å². The maximum absolute atomic E-state index is 14.2. The first-order chi connectivity index (χ1) is 19.2. The molecule has 7 nitrogen and oxygen atoms in total. The van der Waals surface area contributed by atoms with E-state index in [0.29, 0.717) is 26.0 Å². The van der Waals surface area contributed by atoms with E-state index in [1.807, 2.05) is 31.2 Å². The first-order valence-electron chi connectivity index (χ1n) is 14.3. The molecule has 3 aromatic rings. The van der Waals surface area contributed by atoms with Crippen molar-refractivity contribution in [2.75, 3.05) is 19.8 Å². The molecule has 1 aliphatic carbocycles. The Hall–Kier alpha value is -2.97. The van der Waals surface area contributed by atoms with Crippen LogP contribution >= 0.6 is 11.6 Å². The number of hydrogen-bond donors (Lipinski definition) is 3. The molecular weight excluding hydrogens is 531 g/mol. The number of carbonyl (C=O) groups excluding carboxylic acids is 2. The number of imidazole rings is 1. The smallest absolute Gasteiger partial charge is 0.242 e. The van der Waals surface area contributed by atoms with Gasteiger partial charge in [0.25, 0.3) is 0 Å². The Bertz CT molecular complexity index is 1380. The van der Waals surface area contributed by atoms with E-state index in [9.17, 15) is 14.0 Å². The molecule has 5 rings (SSSR count). The van der Waals surface area contributed by atoms with Gasteiger partial charge in [0.05, 0.1) is 28.1 Å². The first kappa shape index (κ1) is 28.6. The molecule has 1 aliphatic heterocycles. The first-order valence-corrected chi connectivity index (χ1v) is 14.7. The van der Waals surface area contributed by atoms with Crippen molar-refractivity contribution in [3.8, 4) is 0 Å². The molecule has 2 aromatic carbocycles. The summed E-state index contributed by atoms with van der Waals surface area (Å²) in [4.78, 5) is 34.9. The molecule has 1 saturated carbocycles. The summed E-state index contributed by atoms with van der Waals surface area (Å²) < 4.78 is 20.0. The lowest BCUT2D eigenvalue weighted by atomic mass is 9.76. The number of benzene rings is 2. The normalized spacial score (nSPS) is 20.9. The van der Waals surface area contributed by atoms with Crippen molar-refractivity contribution in [1.82, 2.24) is 20.6 Å². The quantitative estimate of drug-likeness (QED) is 0.304. The van der Waals surface area contributed by atoms with Crippen LogP contribution in [0.4, 0.5) is 4.39 Å². The Morgan fingerprint density at radius 2 is 2.05 bits per heavy atom. The Kier molecular flexibility index (Phi) is 8.47. The van der Waals surface area contributed by atoms with E-state index in [4.69, 9.17) is 21.3 Å². The predicted molar refractivity (Wildman–Crippen MR) is 154 cm³/mol. The van der Waals surface area contributed by atoms with Gasteiger partial charge in [0.2, 0.25) is 11.8 Å². The number of aromatic amines is 1. The summed E-state index contributed by atoms with van der Waals surface area (Å²) in [5.41, 5.74) is 2.32. The van der Waals surface area contributed by atoms with Crippen molar-refractivity contribution in [1.29, 1.82) is 0 Å². The number of H-pyrrole nitrogens is 1. The molecule has 1 aromatic heterocycles. The van der Waals surface area contributed by atoms with Gasteiger partial charge in [0.15, 0.2) is 0 Å². The SMILES string of the molecule is CCNC(=O)[C@H](NC(=O)C1(c2ccc3nc(CC(c4cccc(F)c4Cl)C(C)C)[nH]c3c2)CCOC1)C1CCC1. The summed E-state index contributed by atoms with van der Waals surface area (Å²) in [6, 6.07) is 10.2. The fourth-order valence-electron chi connectivity index (χ4n) is 6.01. The van der Waals surface area contributed by atoms with Crippen LogP contribution in [0, 0.1) is 17.7 Å². The number of aromatic nitrogens is 2. The highest BCUT2D eigenvalue weighted by Crippen LogP contribution is 2.38. The average molecular weight is 569 g/mol. The van der Waals surface area contributed by atoms with Crippen LogP contribution in [-0.4, -0.2) is 47.6 Å². The van der Waals surface area contributed by atoms with Crippen LogP contribution in [0.2, 0.25) is 5.02 Å². The number of rotatable bonds is 10. The van der Waals surface area contributed by atoms with E-state index in [1.54, 1.807) is 6.07 Å². The monoisotopic (exact) mass is 568 g/mol. The molecule has 40 heavy (non-hydrogen) atoms. The maximum Gasteiger partial charge on any atom is 0.242 e. The van der Waals surface area contributed by atoms with Crippen LogP contribution in [0.5, 0.6) is 0 Å². The van der Waals surface area contributed by atoms with Gasteiger partial charge >= 0.3 is 0 Å². The second-order valence-corrected chi connectivity index (χ2v) is 11.9. The van der Waals surface area contributed by atoms with Crippen LogP contribution in [0.25, 0.3) is 11.0 Å². The van der Waals surface area contributed by atoms with Crippen molar-refractivity contribution < 1.29 is 18.7 Å². The third-order valence-corrected chi connectivity index (χ3v) is 9.08. The van der Waals surface area contributed by atoms with Gasteiger partial charge in [0.1, 0.15) is 17.7 Å². The van der Waals surface area contributed by atoms with Crippen molar-refractivity contribution in [3.05, 3.63) is 64.2 Å². The maximum atomic E-state index is 14.2. The number of hydrogen-bond acceptors (Lipinski definition) is 4. The van der Waals surface area contributed by atoms with Crippen molar-refractivity contribution in [2.24, 2.45) is 11.8 Å². The molecule has 0 bridgehead atoms. The zero-order valence-electron chi connectivity index (χ0n) is 23.4. The van der Waals surface area contributed by atoms with Gasteiger partial charge in [-0.1, -0.05) is 50.1 Å². The topological polar surface area (TPSA) is 96.1 Å². The van der Waals surface area contributed by atoms with Crippen LogP contribution < -0.4 is 10.6 Å². The van der Waals surface area contributed by atoms with Gasteiger partial charge in [-0.15, -0.1) is 0 Å². The molecule has 3 N–H and O–H groups in total. The summed E-state index contributed by atoms with van der Waals surface area (Å²) >= 11 is 6.34. The fourth-order valence-corrected chi connectivity index (χ4v) is 6.28. The van der Waals surface area contributed by atoms with Crippen LogP contribution in [0.3, 0.4) is 0 Å². The fraction of sp³-hybridized carbons (Fsp3) is 0.516. The molecule has 2 unspecified atom stereocenters. The Morgan fingerprint density at radius 1 is 1.25 bits per heavy atom. The van der Waals surface area contributed by atoms with Crippen molar-refractivity contribution in [3.63, 3.8) is 0 Å². The summed E-state index contributed by atoms with van der Waals surface area (Å²) in [6.45, 7) is 7.31. The van der Waals surface area contributed by atoms with Crippen molar-refractivity contribution in [2.45, 2.75) is 70.3 Å². The van der Waals surface area contributed by atoms with Gasteiger partial charge < -0.3 is 20.4 Å². The lowest BCUT2D eigenvalue weighted by Gasteiger charge is -2.36. The molecule has 214 valence electrons. The van der Waals surface area contributed by atoms with E-state index in [0.717, 1.165) is 47.2 Å². The Labute approximate surface area is 239 Å². The largest absolute Gasteiger partial charge is 0.380 e. The number of amides is 2. The van der Waals surface area contributed by atoms with E-state index < -0.39 is 17.3 Å².